The minimum absolute atomic E-state index is 0.183. The van der Waals surface area contributed by atoms with E-state index in [0.29, 0.717) is 6.61 Å². The Morgan fingerprint density at radius 1 is 1.15 bits per heavy atom. The second-order valence-corrected chi connectivity index (χ2v) is 5.20. The molecule has 0 saturated carbocycles. The highest BCUT2D eigenvalue weighted by atomic mass is 19.1. The Hall–Kier alpha value is -1.87. The van der Waals surface area contributed by atoms with Gasteiger partial charge >= 0.3 is 0 Å². The number of hydrogen-bond acceptors (Lipinski definition) is 2. The largest absolute Gasteiger partial charge is 0.486 e. The average Bonchev–Trinajstić information content (AvgIpc) is 2.40. The van der Waals surface area contributed by atoms with Gasteiger partial charge < -0.3 is 10.5 Å². The maximum absolute atomic E-state index is 13.9. The SMILES string of the molecule is Cc1ccc(C)c(COc2ccc([C@@H](C)N)cc2F)c1. The fourth-order valence-electron chi connectivity index (χ4n) is 2.03. The third-order valence-corrected chi connectivity index (χ3v) is 3.37. The summed E-state index contributed by atoms with van der Waals surface area (Å²) in [4.78, 5) is 0. The lowest BCUT2D eigenvalue weighted by Gasteiger charge is -2.12. The van der Waals surface area contributed by atoms with Gasteiger partial charge in [0.15, 0.2) is 11.6 Å². The standard InChI is InChI=1S/C17H20FNO/c1-11-4-5-12(2)15(8-11)10-20-17-7-6-14(13(3)19)9-16(17)18/h4-9,13H,10,19H2,1-3H3/t13-/m1/s1. The summed E-state index contributed by atoms with van der Waals surface area (Å²) in [5.74, 6) is -0.111. The number of nitrogens with two attached hydrogens (primary N) is 1. The van der Waals surface area contributed by atoms with Crippen LogP contribution in [0.1, 0.15) is 35.2 Å². The van der Waals surface area contributed by atoms with E-state index in [0.717, 1.165) is 16.7 Å². The van der Waals surface area contributed by atoms with Crippen molar-refractivity contribution in [3.63, 3.8) is 0 Å². The van der Waals surface area contributed by atoms with Crippen molar-refractivity contribution in [3.05, 3.63) is 64.5 Å². The lowest BCUT2D eigenvalue weighted by atomic mass is 10.1. The number of ether oxygens (including phenoxy) is 1. The highest BCUT2D eigenvalue weighted by molar-refractivity contribution is 5.33. The van der Waals surface area contributed by atoms with Crippen LogP contribution in [0.3, 0.4) is 0 Å². The molecule has 0 heterocycles. The molecule has 0 spiro atoms. The molecular weight excluding hydrogens is 253 g/mol. The summed E-state index contributed by atoms with van der Waals surface area (Å²) in [5.41, 5.74) is 9.87. The number of rotatable bonds is 4. The first-order chi connectivity index (χ1) is 9.47. The van der Waals surface area contributed by atoms with Gasteiger partial charge in [-0.1, -0.05) is 29.8 Å². The fourth-order valence-corrected chi connectivity index (χ4v) is 2.03. The van der Waals surface area contributed by atoms with Gasteiger partial charge in [-0.2, -0.15) is 0 Å². The van der Waals surface area contributed by atoms with Crippen molar-refractivity contribution < 1.29 is 9.13 Å². The van der Waals surface area contributed by atoms with Gasteiger partial charge in [0.25, 0.3) is 0 Å². The van der Waals surface area contributed by atoms with Crippen LogP contribution in [0.15, 0.2) is 36.4 Å². The van der Waals surface area contributed by atoms with Crippen molar-refractivity contribution in [2.24, 2.45) is 5.73 Å². The molecule has 106 valence electrons. The van der Waals surface area contributed by atoms with E-state index < -0.39 is 0 Å². The molecule has 20 heavy (non-hydrogen) atoms. The Bertz CT molecular complexity index is 608. The quantitative estimate of drug-likeness (QED) is 0.912. The van der Waals surface area contributed by atoms with E-state index in [2.05, 4.69) is 12.1 Å². The van der Waals surface area contributed by atoms with Gasteiger partial charge in [-0.15, -0.1) is 0 Å². The van der Waals surface area contributed by atoms with Gasteiger partial charge in [-0.3, -0.25) is 0 Å². The minimum atomic E-state index is -0.370. The second-order valence-electron chi connectivity index (χ2n) is 5.20. The number of benzene rings is 2. The van der Waals surface area contributed by atoms with E-state index in [1.165, 1.54) is 11.6 Å². The van der Waals surface area contributed by atoms with Crippen LogP contribution in [0.2, 0.25) is 0 Å². The van der Waals surface area contributed by atoms with Crippen LogP contribution in [0, 0.1) is 19.7 Å². The highest BCUT2D eigenvalue weighted by Gasteiger charge is 2.08. The Balaban J connectivity index is 2.13. The van der Waals surface area contributed by atoms with Crippen LogP contribution in [-0.4, -0.2) is 0 Å². The molecule has 0 unspecified atom stereocenters. The van der Waals surface area contributed by atoms with Crippen LogP contribution in [-0.2, 0) is 6.61 Å². The van der Waals surface area contributed by atoms with E-state index >= 15 is 0 Å². The van der Waals surface area contributed by atoms with Gasteiger partial charge in [0.1, 0.15) is 6.61 Å². The smallest absolute Gasteiger partial charge is 0.165 e. The van der Waals surface area contributed by atoms with Gasteiger partial charge in [0.05, 0.1) is 0 Å². The van der Waals surface area contributed by atoms with Crippen molar-refractivity contribution in [1.82, 2.24) is 0 Å². The molecule has 0 aliphatic heterocycles. The third-order valence-electron chi connectivity index (χ3n) is 3.37. The Labute approximate surface area is 119 Å². The summed E-state index contributed by atoms with van der Waals surface area (Å²) in [5, 5.41) is 0. The third kappa shape index (κ3) is 3.36. The molecule has 1 atom stereocenters. The van der Waals surface area contributed by atoms with Crippen molar-refractivity contribution in [2.45, 2.75) is 33.4 Å². The molecule has 2 N–H and O–H groups in total. The molecule has 2 rings (SSSR count). The summed E-state index contributed by atoms with van der Waals surface area (Å²) in [6, 6.07) is 10.8. The number of hydrogen-bond donors (Lipinski definition) is 1. The van der Waals surface area contributed by atoms with Crippen LogP contribution in [0.4, 0.5) is 4.39 Å². The molecule has 2 aromatic carbocycles. The first kappa shape index (κ1) is 14.5. The molecule has 0 fully saturated rings. The lowest BCUT2D eigenvalue weighted by molar-refractivity contribution is 0.289. The Morgan fingerprint density at radius 3 is 2.55 bits per heavy atom. The lowest BCUT2D eigenvalue weighted by Crippen LogP contribution is -2.06. The van der Waals surface area contributed by atoms with Gasteiger partial charge in [-0.25, -0.2) is 4.39 Å². The van der Waals surface area contributed by atoms with Crippen molar-refractivity contribution >= 4 is 0 Å². The molecular formula is C17H20FNO. The molecule has 2 aromatic rings. The van der Waals surface area contributed by atoms with E-state index in [-0.39, 0.29) is 17.6 Å². The van der Waals surface area contributed by atoms with Gasteiger partial charge in [0, 0.05) is 6.04 Å². The molecule has 0 aliphatic carbocycles. The minimum Gasteiger partial charge on any atom is -0.486 e. The predicted octanol–water partition coefficient (Wildman–Crippen LogP) is 4.04. The van der Waals surface area contributed by atoms with E-state index in [1.54, 1.807) is 12.1 Å². The zero-order chi connectivity index (χ0) is 14.7. The summed E-state index contributed by atoms with van der Waals surface area (Å²) in [6.07, 6.45) is 0. The molecule has 0 bridgehead atoms. The molecule has 0 radical (unpaired) electrons. The van der Waals surface area contributed by atoms with Crippen LogP contribution in [0.5, 0.6) is 5.75 Å². The molecule has 3 heteroatoms. The summed E-state index contributed by atoms with van der Waals surface area (Å²) in [6.45, 7) is 6.24. The molecule has 0 aliphatic rings. The molecule has 0 amide bonds. The van der Waals surface area contributed by atoms with E-state index in [9.17, 15) is 4.39 Å². The van der Waals surface area contributed by atoms with Crippen LogP contribution >= 0.6 is 0 Å². The van der Waals surface area contributed by atoms with Crippen molar-refractivity contribution in [3.8, 4) is 5.75 Å². The first-order valence-corrected chi connectivity index (χ1v) is 6.71. The van der Waals surface area contributed by atoms with Gasteiger partial charge in [-0.05, 0) is 49.6 Å². The highest BCUT2D eigenvalue weighted by Crippen LogP contribution is 2.22. The zero-order valence-electron chi connectivity index (χ0n) is 12.1. The average molecular weight is 273 g/mol. The van der Waals surface area contributed by atoms with Gasteiger partial charge in [0.2, 0.25) is 0 Å². The number of halogens is 1. The van der Waals surface area contributed by atoms with Crippen LogP contribution < -0.4 is 10.5 Å². The van der Waals surface area contributed by atoms with E-state index in [1.807, 2.05) is 26.8 Å². The Morgan fingerprint density at radius 2 is 1.90 bits per heavy atom. The fraction of sp³-hybridized carbons (Fsp3) is 0.294. The summed E-state index contributed by atoms with van der Waals surface area (Å²) in [7, 11) is 0. The summed E-state index contributed by atoms with van der Waals surface area (Å²) >= 11 is 0. The predicted molar refractivity (Wildman–Crippen MR) is 79.3 cm³/mol. The molecule has 0 aromatic heterocycles. The monoisotopic (exact) mass is 273 g/mol. The maximum Gasteiger partial charge on any atom is 0.165 e. The van der Waals surface area contributed by atoms with Crippen molar-refractivity contribution in [2.75, 3.05) is 0 Å². The molecule has 0 saturated heterocycles. The van der Waals surface area contributed by atoms with Crippen molar-refractivity contribution in [1.29, 1.82) is 0 Å². The van der Waals surface area contributed by atoms with E-state index in [4.69, 9.17) is 10.5 Å². The first-order valence-electron chi connectivity index (χ1n) is 6.71. The maximum atomic E-state index is 13.9. The summed E-state index contributed by atoms with van der Waals surface area (Å²) < 4.78 is 19.5. The normalized spacial score (nSPS) is 12.2. The molecule has 2 nitrogen and oxygen atoms in total. The topological polar surface area (TPSA) is 35.2 Å². The van der Waals surface area contributed by atoms with Crippen LogP contribution in [0.25, 0.3) is 0 Å². The second kappa shape index (κ2) is 6.06. The Kier molecular flexibility index (Phi) is 4.40. The zero-order valence-corrected chi connectivity index (χ0v) is 12.1. The number of aryl methyl sites for hydroxylation is 2.